The molecule has 0 unspecified atom stereocenters. The van der Waals surface area contributed by atoms with Crippen molar-refractivity contribution < 1.29 is 38.7 Å². The Bertz CT molecular complexity index is 640. The smallest absolute Gasteiger partial charge is 0.394 e. The third kappa shape index (κ3) is 18.7. The molecule has 0 aromatic carbocycles. The van der Waals surface area contributed by atoms with Gasteiger partial charge in [-0.3, -0.25) is 14.1 Å². The first-order valence-corrected chi connectivity index (χ1v) is 17.8. The van der Waals surface area contributed by atoms with E-state index in [2.05, 4.69) is 13.8 Å². The van der Waals surface area contributed by atoms with E-state index in [4.69, 9.17) is 4.52 Å². The van der Waals surface area contributed by atoms with Crippen molar-refractivity contribution in [2.75, 3.05) is 6.61 Å². The fraction of sp³-hybridized carbons (Fsp3) is 0.935. The minimum atomic E-state index is -5.31. The van der Waals surface area contributed by atoms with Gasteiger partial charge in [0.25, 0.3) is 0 Å². The van der Waals surface area contributed by atoms with Crippen LogP contribution in [0.15, 0.2) is 0 Å². The summed E-state index contributed by atoms with van der Waals surface area (Å²) in [6.45, 7) is 3.38. The van der Waals surface area contributed by atoms with Gasteiger partial charge in [0.1, 0.15) is 6.10 Å². The van der Waals surface area contributed by atoms with Crippen LogP contribution in [0.1, 0.15) is 168 Å². The van der Waals surface area contributed by atoms with Crippen LogP contribution in [-0.4, -0.2) is 49.9 Å². The van der Waals surface area contributed by atoms with Crippen molar-refractivity contribution in [2.45, 2.75) is 180 Å². The highest BCUT2D eigenvalue weighted by Gasteiger charge is 2.55. The van der Waals surface area contributed by atoms with Gasteiger partial charge in [0, 0.05) is 12.8 Å². The number of phosphoric acid groups is 1. The molecule has 0 spiro atoms. The number of aliphatic hydroxyl groups excluding tert-OH is 2. The third-order valence-electron chi connectivity index (χ3n) is 7.75. The molecule has 0 heterocycles. The van der Waals surface area contributed by atoms with E-state index in [1.54, 1.807) is 0 Å². The summed E-state index contributed by atoms with van der Waals surface area (Å²) in [5, 5.41) is 20.1. The van der Waals surface area contributed by atoms with Crippen LogP contribution in [0.4, 0.5) is 0 Å². The van der Waals surface area contributed by atoms with Gasteiger partial charge in [-0.25, -0.2) is 4.57 Å². The van der Waals surface area contributed by atoms with E-state index < -0.39 is 37.7 Å². The molecule has 0 aromatic heterocycles. The predicted octanol–water partition coefficient (Wildman–Crippen LogP) is 7.73. The van der Waals surface area contributed by atoms with E-state index in [1.807, 2.05) is 0 Å². The molecule has 9 heteroatoms. The average Bonchev–Trinajstić information content (AvgIpc) is 2.92. The third-order valence-corrected chi connectivity index (χ3v) is 8.27. The topological polar surface area (TPSA) is 141 Å². The first kappa shape index (κ1) is 39.4. The molecule has 1 atom stereocenters. The van der Waals surface area contributed by atoms with Gasteiger partial charge >= 0.3 is 7.82 Å². The predicted molar refractivity (Wildman–Crippen MR) is 161 cm³/mol. The Hall–Kier alpha value is -0.630. The van der Waals surface area contributed by atoms with Crippen LogP contribution < -0.4 is 0 Å². The monoisotopic (exact) mass is 592 g/mol. The number of rotatable bonds is 30. The van der Waals surface area contributed by atoms with Gasteiger partial charge in [-0.1, -0.05) is 142 Å². The highest BCUT2D eigenvalue weighted by molar-refractivity contribution is 7.46. The molecule has 0 aliphatic heterocycles. The van der Waals surface area contributed by atoms with E-state index >= 15 is 0 Å². The number of aliphatic hydroxyl groups is 2. The first-order chi connectivity index (χ1) is 19.2. The summed E-state index contributed by atoms with van der Waals surface area (Å²) >= 11 is 0. The van der Waals surface area contributed by atoms with Gasteiger partial charge in [-0.15, -0.1) is 0 Å². The van der Waals surface area contributed by atoms with Gasteiger partial charge in [0.05, 0.1) is 6.61 Å². The molecule has 0 saturated carbocycles. The zero-order valence-corrected chi connectivity index (χ0v) is 26.5. The minimum Gasteiger partial charge on any atom is -0.394 e. The number of carbonyl (C=O) groups is 2. The van der Waals surface area contributed by atoms with Crippen molar-refractivity contribution in [1.29, 1.82) is 0 Å². The maximum absolute atomic E-state index is 13.2. The lowest BCUT2D eigenvalue weighted by molar-refractivity contribution is -0.164. The van der Waals surface area contributed by atoms with Crippen molar-refractivity contribution in [3.05, 3.63) is 0 Å². The molecule has 8 nitrogen and oxygen atoms in total. The quantitative estimate of drug-likeness (QED) is 0.0377. The maximum atomic E-state index is 13.2. The molecule has 0 aromatic rings. The standard InChI is InChI=1S/C31H61O8P/c1-3-5-7-9-11-13-15-17-19-21-23-25-28(33)31(30(35)27-32,39-40(36,37)38)29(34)26-24-22-20-18-16-14-12-10-8-6-4-2/h30,32,35H,3-27H2,1-2H3,(H2,36,37,38)/t30-/m0/s1. The summed E-state index contributed by atoms with van der Waals surface area (Å²) in [4.78, 5) is 45.4. The molecule has 0 bridgehead atoms. The summed E-state index contributed by atoms with van der Waals surface area (Å²) in [5.74, 6) is -1.75. The van der Waals surface area contributed by atoms with Crippen LogP contribution in [0.5, 0.6) is 0 Å². The lowest BCUT2D eigenvalue weighted by Gasteiger charge is -2.34. The number of carbonyl (C=O) groups excluding carboxylic acids is 2. The second-order valence-corrected chi connectivity index (χ2v) is 12.6. The zero-order chi connectivity index (χ0) is 30.1. The Morgan fingerprint density at radius 2 is 0.875 bits per heavy atom. The minimum absolute atomic E-state index is 0.155. The Morgan fingerprint density at radius 3 is 1.12 bits per heavy atom. The first-order valence-electron chi connectivity index (χ1n) is 16.3. The van der Waals surface area contributed by atoms with Gasteiger partial charge in [0.15, 0.2) is 11.6 Å². The fourth-order valence-electron chi connectivity index (χ4n) is 5.28. The van der Waals surface area contributed by atoms with Crippen LogP contribution in [0.2, 0.25) is 0 Å². The lowest BCUT2D eigenvalue weighted by atomic mass is 9.82. The van der Waals surface area contributed by atoms with Crippen molar-refractivity contribution in [1.82, 2.24) is 0 Å². The summed E-state index contributed by atoms with van der Waals surface area (Å²) < 4.78 is 16.5. The number of phosphoric ester groups is 1. The van der Waals surface area contributed by atoms with Crippen molar-refractivity contribution >= 4 is 19.4 Å². The van der Waals surface area contributed by atoms with Crippen molar-refractivity contribution in [2.24, 2.45) is 0 Å². The summed E-state index contributed by atoms with van der Waals surface area (Å²) in [5.41, 5.74) is -2.75. The highest BCUT2D eigenvalue weighted by Crippen LogP contribution is 2.44. The van der Waals surface area contributed by atoms with E-state index in [-0.39, 0.29) is 12.8 Å². The average molecular weight is 593 g/mol. The van der Waals surface area contributed by atoms with Crippen LogP contribution in [-0.2, 0) is 18.7 Å². The van der Waals surface area contributed by atoms with Crippen LogP contribution in [0.25, 0.3) is 0 Å². The molecule has 0 aliphatic rings. The fourth-order valence-corrected chi connectivity index (χ4v) is 5.98. The second-order valence-electron chi connectivity index (χ2n) is 11.4. The Balaban J connectivity index is 4.69. The number of Topliss-reactive ketones (excluding diaryl/α,β-unsaturated/α-hetero) is 2. The van der Waals surface area contributed by atoms with Gasteiger partial charge in [-0.2, -0.15) is 0 Å². The van der Waals surface area contributed by atoms with E-state index in [1.165, 1.54) is 77.0 Å². The van der Waals surface area contributed by atoms with E-state index in [0.29, 0.717) is 12.8 Å². The molecular formula is C31H61O8P. The zero-order valence-electron chi connectivity index (χ0n) is 25.6. The van der Waals surface area contributed by atoms with Gasteiger partial charge in [0.2, 0.25) is 5.60 Å². The van der Waals surface area contributed by atoms with Crippen LogP contribution >= 0.6 is 7.82 Å². The largest absolute Gasteiger partial charge is 0.471 e. The van der Waals surface area contributed by atoms with Gasteiger partial charge in [-0.05, 0) is 12.8 Å². The number of unbranched alkanes of at least 4 members (excludes halogenated alkanes) is 20. The molecule has 4 N–H and O–H groups in total. The number of hydrogen-bond acceptors (Lipinski definition) is 6. The molecule has 0 amide bonds. The molecule has 238 valence electrons. The Kier molecular flexibility index (Phi) is 24.5. The Morgan fingerprint density at radius 1 is 0.600 bits per heavy atom. The van der Waals surface area contributed by atoms with E-state index in [9.17, 15) is 34.2 Å². The summed E-state index contributed by atoms with van der Waals surface area (Å²) in [6, 6.07) is 0. The molecule has 0 rings (SSSR count). The molecule has 0 radical (unpaired) electrons. The van der Waals surface area contributed by atoms with Crippen LogP contribution in [0, 0.1) is 0 Å². The van der Waals surface area contributed by atoms with Gasteiger partial charge < -0.3 is 20.0 Å². The summed E-state index contributed by atoms with van der Waals surface area (Å²) in [7, 11) is -5.31. The number of ketones is 2. The summed E-state index contributed by atoms with van der Waals surface area (Å²) in [6.07, 6.45) is 21.2. The maximum Gasteiger partial charge on any atom is 0.471 e. The normalized spacial score (nSPS) is 13.1. The number of hydrogen-bond donors (Lipinski definition) is 4. The van der Waals surface area contributed by atoms with Crippen molar-refractivity contribution in [3.63, 3.8) is 0 Å². The molecule has 40 heavy (non-hydrogen) atoms. The molecule has 0 saturated heterocycles. The molecule has 0 aliphatic carbocycles. The highest BCUT2D eigenvalue weighted by atomic mass is 31.2. The second kappa shape index (κ2) is 24.9. The molecular weight excluding hydrogens is 531 g/mol. The molecule has 0 fully saturated rings. The van der Waals surface area contributed by atoms with E-state index in [0.717, 1.165) is 51.4 Å². The van der Waals surface area contributed by atoms with Crippen molar-refractivity contribution in [3.8, 4) is 0 Å². The Labute approximate surface area is 244 Å². The lowest BCUT2D eigenvalue weighted by Crippen LogP contribution is -2.58. The SMILES string of the molecule is CCCCCCCCCCCCCC(=O)C(OP(=O)(O)O)(C(=O)CCCCCCCCCCCCC)[C@@H](O)CO. The van der Waals surface area contributed by atoms with Crippen LogP contribution in [0.3, 0.4) is 0 Å².